The Morgan fingerprint density at radius 1 is 1.48 bits per heavy atom. The highest BCUT2D eigenvalue weighted by atomic mass is 32.1. The van der Waals surface area contributed by atoms with Crippen LogP contribution < -0.4 is 5.32 Å². The van der Waals surface area contributed by atoms with Gasteiger partial charge in [0.05, 0.1) is 30.5 Å². The summed E-state index contributed by atoms with van der Waals surface area (Å²) in [7, 11) is 0. The number of aliphatic hydroxyl groups is 1. The third-order valence-corrected chi connectivity index (χ3v) is 5.21. The summed E-state index contributed by atoms with van der Waals surface area (Å²) in [6, 6.07) is 0. The van der Waals surface area contributed by atoms with E-state index in [2.05, 4.69) is 10.3 Å². The van der Waals surface area contributed by atoms with Crippen molar-refractivity contribution < 1.29 is 9.84 Å². The Balaban J connectivity index is 1.44. The maximum atomic E-state index is 9.86. The lowest BCUT2D eigenvalue weighted by Crippen LogP contribution is -2.31. The van der Waals surface area contributed by atoms with Crippen LogP contribution in [0.15, 0.2) is 5.51 Å². The minimum atomic E-state index is -0.406. The van der Waals surface area contributed by atoms with Crippen molar-refractivity contribution in [2.24, 2.45) is 5.92 Å². The van der Waals surface area contributed by atoms with Crippen LogP contribution in [0.3, 0.4) is 0 Å². The largest absolute Gasteiger partial charge is 0.389 e. The lowest BCUT2D eigenvalue weighted by atomic mass is 10.0. The number of hydrogen-bond acceptors (Lipinski definition) is 5. The molecule has 5 heteroatoms. The lowest BCUT2D eigenvalue weighted by molar-refractivity contribution is 0.0384. The second kappa shape index (κ2) is 9.51. The van der Waals surface area contributed by atoms with Crippen molar-refractivity contribution >= 4 is 11.3 Å². The zero-order valence-electron chi connectivity index (χ0n) is 13.0. The van der Waals surface area contributed by atoms with Gasteiger partial charge in [-0.2, -0.15) is 0 Å². The summed E-state index contributed by atoms with van der Waals surface area (Å²) >= 11 is 1.67. The van der Waals surface area contributed by atoms with E-state index in [0.717, 1.165) is 24.6 Å². The molecule has 0 radical (unpaired) electrons. The first-order valence-corrected chi connectivity index (χ1v) is 8.99. The molecule has 0 amide bonds. The topological polar surface area (TPSA) is 54.4 Å². The van der Waals surface area contributed by atoms with Gasteiger partial charge in [-0.15, -0.1) is 11.3 Å². The SMILES string of the molecule is Cc1ncsc1CCOCC(O)CNCCC1CCCC1. The molecule has 2 rings (SSSR count). The van der Waals surface area contributed by atoms with Gasteiger partial charge in [0.1, 0.15) is 0 Å². The van der Waals surface area contributed by atoms with Crippen molar-refractivity contribution in [1.29, 1.82) is 0 Å². The van der Waals surface area contributed by atoms with Crippen LogP contribution in [0.2, 0.25) is 0 Å². The van der Waals surface area contributed by atoms with Gasteiger partial charge in [-0.3, -0.25) is 0 Å². The molecule has 1 saturated carbocycles. The van der Waals surface area contributed by atoms with E-state index < -0.39 is 6.10 Å². The molecular weight excluding hydrogens is 284 g/mol. The molecule has 21 heavy (non-hydrogen) atoms. The molecule has 4 nitrogen and oxygen atoms in total. The van der Waals surface area contributed by atoms with Crippen LogP contribution in [0.5, 0.6) is 0 Å². The minimum Gasteiger partial charge on any atom is -0.389 e. The summed E-state index contributed by atoms with van der Waals surface area (Å²) in [5.74, 6) is 0.911. The molecule has 2 N–H and O–H groups in total. The normalized spacial score (nSPS) is 17.4. The van der Waals surface area contributed by atoms with E-state index in [0.29, 0.717) is 19.8 Å². The van der Waals surface area contributed by atoms with Gasteiger partial charge in [0, 0.05) is 17.8 Å². The van der Waals surface area contributed by atoms with Gasteiger partial charge >= 0.3 is 0 Å². The number of aliphatic hydroxyl groups excluding tert-OH is 1. The van der Waals surface area contributed by atoms with Gasteiger partial charge < -0.3 is 15.2 Å². The number of hydrogen-bond donors (Lipinski definition) is 2. The van der Waals surface area contributed by atoms with Crippen molar-refractivity contribution in [2.75, 3.05) is 26.3 Å². The number of nitrogens with zero attached hydrogens (tertiary/aromatic N) is 1. The number of aromatic nitrogens is 1. The maximum absolute atomic E-state index is 9.86. The number of aryl methyl sites for hydroxylation is 1. The van der Waals surface area contributed by atoms with Crippen molar-refractivity contribution in [2.45, 2.75) is 51.6 Å². The van der Waals surface area contributed by atoms with Crippen LogP contribution >= 0.6 is 11.3 Å². The van der Waals surface area contributed by atoms with Gasteiger partial charge in [-0.25, -0.2) is 4.98 Å². The smallest absolute Gasteiger partial charge is 0.0897 e. The highest BCUT2D eigenvalue weighted by Crippen LogP contribution is 2.26. The van der Waals surface area contributed by atoms with E-state index >= 15 is 0 Å². The van der Waals surface area contributed by atoms with Crippen LogP contribution in [0.1, 0.15) is 42.7 Å². The molecule has 0 aromatic carbocycles. The van der Waals surface area contributed by atoms with Gasteiger partial charge in [0.25, 0.3) is 0 Å². The Morgan fingerprint density at radius 2 is 2.29 bits per heavy atom. The molecule has 1 aromatic rings. The fourth-order valence-corrected chi connectivity index (χ4v) is 3.65. The average Bonchev–Trinajstić information content (AvgIpc) is 3.12. The predicted molar refractivity (Wildman–Crippen MR) is 86.8 cm³/mol. The summed E-state index contributed by atoms with van der Waals surface area (Å²) in [4.78, 5) is 5.49. The molecule has 1 aliphatic rings. The first-order chi connectivity index (χ1) is 10.3. The zero-order valence-corrected chi connectivity index (χ0v) is 13.8. The summed E-state index contributed by atoms with van der Waals surface area (Å²) in [5.41, 5.74) is 2.96. The van der Waals surface area contributed by atoms with E-state index in [4.69, 9.17) is 4.74 Å². The van der Waals surface area contributed by atoms with Gasteiger partial charge in [0.15, 0.2) is 0 Å². The van der Waals surface area contributed by atoms with Crippen molar-refractivity contribution in [3.05, 3.63) is 16.1 Å². The van der Waals surface area contributed by atoms with Crippen molar-refractivity contribution in [1.82, 2.24) is 10.3 Å². The van der Waals surface area contributed by atoms with E-state index in [9.17, 15) is 5.11 Å². The van der Waals surface area contributed by atoms with Gasteiger partial charge in [0.2, 0.25) is 0 Å². The Morgan fingerprint density at radius 3 is 3.00 bits per heavy atom. The maximum Gasteiger partial charge on any atom is 0.0897 e. The Bertz CT molecular complexity index is 391. The van der Waals surface area contributed by atoms with E-state index in [1.807, 2.05) is 12.4 Å². The Kier molecular flexibility index (Phi) is 7.64. The second-order valence-corrected chi connectivity index (χ2v) is 6.92. The van der Waals surface area contributed by atoms with Gasteiger partial charge in [-0.05, 0) is 25.8 Å². The zero-order chi connectivity index (χ0) is 14.9. The predicted octanol–water partition coefficient (Wildman–Crippen LogP) is 2.54. The number of rotatable bonds is 10. The molecule has 0 bridgehead atoms. The molecule has 1 unspecified atom stereocenters. The van der Waals surface area contributed by atoms with E-state index in [1.54, 1.807) is 11.3 Å². The molecule has 1 aromatic heterocycles. The van der Waals surface area contributed by atoms with Crippen molar-refractivity contribution in [3.8, 4) is 0 Å². The molecule has 1 heterocycles. The third kappa shape index (κ3) is 6.43. The average molecular weight is 312 g/mol. The highest BCUT2D eigenvalue weighted by molar-refractivity contribution is 7.09. The summed E-state index contributed by atoms with van der Waals surface area (Å²) in [5, 5.41) is 13.2. The summed E-state index contributed by atoms with van der Waals surface area (Å²) in [6.07, 6.45) is 7.32. The molecule has 1 fully saturated rings. The van der Waals surface area contributed by atoms with Gasteiger partial charge in [-0.1, -0.05) is 25.7 Å². The van der Waals surface area contributed by atoms with Crippen LogP contribution in [0.4, 0.5) is 0 Å². The molecule has 0 aliphatic heterocycles. The molecular formula is C16H28N2O2S. The standard InChI is InChI=1S/C16H28N2O2S/c1-13-16(21-12-18-13)7-9-20-11-15(19)10-17-8-6-14-4-2-3-5-14/h12,14-15,17,19H,2-11H2,1H3. The number of nitrogens with one attached hydrogen (secondary N) is 1. The first-order valence-electron chi connectivity index (χ1n) is 8.11. The minimum absolute atomic E-state index is 0.406. The monoisotopic (exact) mass is 312 g/mol. The van der Waals surface area contributed by atoms with Crippen LogP contribution in [-0.2, 0) is 11.2 Å². The lowest BCUT2D eigenvalue weighted by Gasteiger charge is -2.14. The quantitative estimate of drug-likeness (QED) is 0.652. The number of ether oxygens (including phenoxy) is 1. The van der Waals surface area contributed by atoms with Crippen LogP contribution in [0, 0.1) is 12.8 Å². The molecule has 1 aliphatic carbocycles. The fourth-order valence-electron chi connectivity index (χ4n) is 2.88. The Labute approximate surface area is 131 Å². The molecule has 1 atom stereocenters. The van der Waals surface area contributed by atoms with Crippen molar-refractivity contribution in [3.63, 3.8) is 0 Å². The molecule has 0 saturated heterocycles. The highest BCUT2D eigenvalue weighted by Gasteiger charge is 2.14. The van der Waals surface area contributed by atoms with Crippen LogP contribution in [-0.4, -0.2) is 42.5 Å². The Hall–Kier alpha value is -0.490. The summed E-state index contributed by atoms with van der Waals surface area (Å²) < 4.78 is 5.54. The fraction of sp³-hybridized carbons (Fsp3) is 0.812. The summed E-state index contributed by atoms with van der Waals surface area (Å²) in [6.45, 7) is 4.74. The molecule has 120 valence electrons. The van der Waals surface area contributed by atoms with Crippen LogP contribution in [0.25, 0.3) is 0 Å². The van der Waals surface area contributed by atoms with E-state index in [1.165, 1.54) is 37.0 Å². The second-order valence-electron chi connectivity index (χ2n) is 5.98. The van der Waals surface area contributed by atoms with E-state index in [-0.39, 0.29) is 0 Å². The first kappa shape index (κ1) is 16.9. The number of thiazole rings is 1. The molecule has 0 spiro atoms. The third-order valence-electron chi connectivity index (χ3n) is 4.21.